The third kappa shape index (κ3) is 15.1. The maximum Gasteiger partial charge on any atom is 0.325 e. The molecule has 2 N–H and O–H groups in total. The number of nitrogens with two attached hydrogens (primary N) is 1. The number of unbranched alkanes of at least 4 members (excludes halogenated alkanes) is 9. The minimum atomic E-state index is -0.592. The van der Waals surface area contributed by atoms with E-state index in [1.54, 1.807) is 0 Å². The van der Waals surface area contributed by atoms with Gasteiger partial charge in [0.05, 0.1) is 19.4 Å². The molecule has 0 unspecified atom stereocenters. The first kappa shape index (κ1) is 19.9. The molecule has 0 spiro atoms. The zero-order valence-corrected chi connectivity index (χ0v) is 13.4. The summed E-state index contributed by atoms with van der Waals surface area (Å²) in [6.07, 6.45) is 12.5. The van der Waals surface area contributed by atoms with Gasteiger partial charge in [0.1, 0.15) is 0 Å². The number of esters is 1. The molecule has 0 aliphatic carbocycles. The summed E-state index contributed by atoms with van der Waals surface area (Å²) in [4.78, 5) is 25.9. The van der Waals surface area contributed by atoms with Gasteiger partial charge in [-0.1, -0.05) is 64.7 Å². The van der Waals surface area contributed by atoms with Crippen molar-refractivity contribution in [3.63, 3.8) is 0 Å². The van der Waals surface area contributed by atoms with Crippen molar-refractivity contribution in [2.75, 3.05) is 6.61 Å². The zero-order valence-electron chi connectivity index (χ0n) is 13.4. The van der Waals surface area contributed by atoms with E-state index >= 15 is 0 Å². The van der Waals surface area contributed by atoms with E-state index in [2.05, 4.69) is 17.7 Å². The molecule has 0 aliphatic rings. The van der Waals surface area contributed by atoms with Gasteiger partial charge in [0.25, 0.3) is 0 Å². The van der Waals surface area contributed by atoms with Crippen molar-refractivity contribution in [2.45, 2.75) is 84.0 Å². The second-order valence-electron chi connectivity index (χ2n) is 5.39. The molecule has 0 bridgehead atoms. The Hall–Kier alpha value is -1.10. The van der Waals surface area contributed by atoms with Crippen LogP contribution in [0.2, 0.25) is 0 Å². The van der Waals surface area contributed by atoms with Gasteiger partial charge >= 0.3 is 11.9 Å². The fourth-order valence-corrected chi connectivity index (χ4v) is 2.11. The molecule has 0 heterocycles. The Morgan fingerprint density at radius 1 is 0.762 bits per heavy atom. The van der Waals surface area contributed by atoms with E-state index in [0.29, 0.717) is 6.61 Å². The van der Waals surface area contributed by atoms with Crippen molar-refractivity contribution in [2.24, 2.45) is 5.90 Å². The molecule has 0 aromatic rings. The number of ether oxygens (including phenoxy) is 1. The second-order valence-corrected chi connectivity index (χ2v) is 5.39. The molecule has 0 saturated heterocycles. The van der Waals surface area contributed by atoms with Crippen LogP contribution in [0, 0.1) is 0 Å². The molecule has 0 radical (unpaired) electrons. The molecule has 5 nitrogen and oxygen atoms in total. The third-order valence-corrected chi connectivity index (χ3v) is 3.43. The summed E-state index contributed by atoms with van der Waals surface area (Å²) >= 11 is 0. The average molecular weight is 301 g/mol. The van der Waals surface area contributed by atoms with E-state index in [4.69, 9.17) is 4.74 Å². The van der Waals surface area contributed by atoms with Gasteiger partial charge in [0.2, 0.25) is 0 Å². The second kappa shape index (κ2) is 15.3. The molecule has 5 heteroatoms. The Morgan fingerprint density at radius 3 is 1.76 bits per heavy atom. The van der Waals surface area contributed by atoms with Crippen molar-refractivity contribution >= 4 is 11.9 Å². The van der Waals surface area contributed by atoms with Gasteiger partial charge in [0.15, 0.2) is 0 Å². The van der Waals surface area contributed by atoms with Gasteiger partial charge in [0, 0.05) is 0 Å². The van der Waals surface area contributed by atoms with Crippen molar-refractivity contribution < 1.29 is 19.2 Å². The van der Waals surface area contributed by atoms with Crippen LogP contribution in [0.3, 0.4) is 0 Å². The molecule has 0 fully saturated rings. The van der Waals surface area contributed by atoms with Crippen molar-refractivity contribution in [1.29, 1.82) is 0 Å². The highest BCUT2D eigenvalue weighted by Crippen LogP contribution is 2.10. The summed E-state index contributed by atoms with van der Waals surface area (Å²) in [6, 6.07) is 0. The molecule has 124 valence electrons. The summed E-state index contributed by atoms with van der Waals surface area (Å²) in [5.74, 6) is 3.71. The van der Waals surface area contributed by atoms with Crippen LogP contribution in [0.1, 0.15) is 84.0 Å². The van der Waals surface area contributed by atoms with Crippen LogP contribution in [0.5, 0.6) is 0 Å². The molecule has 21 heavy (non-hydrogen) atoms. The molecular formula is C16H31NO4. The molecule has 0 aliphatic heterocycles. The predicted molar refractivity (Wildman–Crippen MR) is 82.3 cm³/mol. The Labute approximate surface area is 128 Å². The van der Waals surface area contributed by atoms with Crippen LogP contribution in [0.4, 0.5) is 0 Å². The van der Waals surface area contributed by atoms with E-state index in [1.165, 1.54) is 51.4 Å². The standard InChI is InChI=1S/C16H31NO4/c1-2-3-4-5-6-7-8-9-10-11-14-20-15(18)12-13-16(19)21-17/h2-14,17H2,1H3. The molecule has 0 amide bonds. The lowest BCUT2D eigenvalue weighted by molar-refractivity contribution is -0.150. The SMILES string of the molecule is CCCCCCCCCCCCOC(=O)CCC(=O)ON. The monoisotopic (exact) mass is 301 g/mol. The largest absolute Gasteiger partial charge is 0.466 e. The topological polar surface area (TPSA) is 78.6 Å². The highest BCUT2D eigenvalue weighted by atomic mass is 16.7. The molecule has 0 aromatic carbocycles. The van der Waals surface area contributed by atoms with Crippen LogP contribution in [-0.2, 0) is 19.2 Å². The van der Waals surface area contributed by atoms with E-state index in [0.717, 1.165) is 12.8 Å². The number of carbonyl (C=O) groups is 2. The third-order valence-electron chi connectivity index (χ3n) is 3.43. The molecular weight excluding hydrogens is 270 g/mol. The normalized spacial score (nSPS) is 10.4. The van der Waals surface area contributed by atoms with E-state index in [-0.39, 0.29) is 18.8 Å². The Morgan fingerprint density at radius 2 is 1.24 bits per heavy atom. The Bertz CT molecular complexity index is 269. The lowest BCUT2D eigenvalue weighted by Gasteiger charge is -2.04. The van der Waals surface area contributed by atoms with Crippen LogP contribution in [-0.4, -0.2) is 18.5 Å². The van der Waals surface area contributed by atoms with Crippen molar-refractivity contribution in [3.05, 3.63) is 0 Å². The summed E-state index contributed by atoms with van der Waals surface area (Å²) in [7, 11) is 0. The van der Waals surface area contributed by atoms with Gasteiger partial charge in [-0.25, -0.2) is 0 Å². The number of hydrogen-bond acceptors (Lipinski definition) is 5. The smallest absolute Gasteiger partial charge is 0.325 e. The van der Waals surface area contributed by atoms with E-state index in [1.807, 2.05) is 0 Å². The highest BCUT2D eigenvalue weighted by molar-refractivity contribution is 5.77. The maximum absolute atomic E-state index is 11.3. The Kier molecular flexibility index (Phi) is 14.5. The highest BCUT2D eigenvalue weighted by Gasteiger charge is 2.07. The fraction of sp³-hybridized carbons (Fsp3) is 0.875. The first-order valence-corrected chi connectivity index (χ1v) is 8.26. The van der Waals surface area contributed by atoms with Crippen LogP contribution in [0.25, 0.3) is 0 Å². The van der Waals surface area contributed by atoms with Crippen LogP contribution < -0.4 is 5.90 Å². The van der Waals surface area contributed by atoms with Gasteiger partial charge in [-0.2, -0.15) is 5.90 Å². The molecule has 0 aromatic heterocycles. The van der Waals surface area contributed by atoms with Crippen LogP contribution >= 0.6 is 0 Å². The summed E-state index contributed by atoms with van der Waals surface area (Å²) in [6.45, 7) is 2.67. The van der Waals surface area contributed by atoms with E-state index in [9.17, 15) is 9.59 Å². The van der Waals surface area contributed by atoms with Crippen molar-refractivity contribution in [1.82, 2.24) is 0 Å². The van der Waals surface area contributed by atoms with Crippen LogP contribution in [0.15, 0.2) is 0 Å². The molecule has 0 atom stereocenters. The van der Waals surface area contributed by atoms with Gasteiger partial charge in [-0.3, -0.25) is 9.59 Å². The van der Waals surface area contributed by atoms with Gasteiger partial charge in [-0.15, -0.1) is 0 Å². The molecule has 0 saturated carbocycles. The summed E-state index contributed by atoms with van der Waals surface area (Å²) in [5, 5.41) is 0. The summed E-state index contributed by atoms with van der Waals surface area (Å²) in [5.41, 5.74) is 0. The number of rotatable bonds is 14. The Balaban J connectivity index is 3.18. The zero-order chi connectivity index (χ0) is 15.8. The lowest BCUT2D eigenvalue weighted by Crippen LogP contribution is -2.13. The van der Waals surface area contributed by atoms with E-state index < -0.39 is 5.97 Å². The predicted octanol–water partition coefficient (Wildman–Crippen LogP) is 3.65. The summed E-state index contributed by atoms with van der Waals surface area (Å²) < 4.78 is 5.02. The van der Waals surface area contributed by atoms with Gasteiger partial charge < -0.3 is 9.57 Å². The van der Waals surface area contributed by atoms with Gasteiger partial charge in [-0.05, 0) is 6.42 Å². The lowest BCUT2D eigenvalue weighted by atomic mass is 10.1. The quantitative estimate of drug-likeness (QED) is 0.301. The average Bonchev–Trinajstić information content (AvgIpc) is 2.50. The maximum atomic E-state index is 11.3. The minimum Gasteiger partial charge on any atom is -0.466 e. The van der Waals surface area contributed by atoms with Crippen molar-refractivity contribution in [3.8, 4) is 0 Å². The fourth-order valence-electron chi connectivity index (χ4n) is 2.11. The first-order chi connectivity index (χ1) is 10.2. The number of carbonyl (C=O) groups excluding carboxylic acids is 2. The molecule has 0 rings (SSSR count). The first-order valence-electron chi connectivity index (χ1n) is 8.26. The number of hydrogen-bond donors (Lipinski definition) is 1. The minimum absolute atomic E-state index is 0.0205.